The summed E-state index contributed by atoms with van der Waals surface area (Å²) in [5.74, 6) is -4.06. The molecule has 0 aliphatic carbocycles. The zero-order valence-corrected chi connectivity index (χ0v) is 13.1. The smallest absolute Gasteiger partial charge is 0.330 e. The van der Waals surface area contributed by atoms with Gasteiger partial charge in [-0.15, -0.1) is 0 Å². The Morgan fingerprint density at radius 1 is 1.00 bits per heavy atom. The number of likely N-dealkylation sites (N-methyl/N-ethyl adjacent to an activating group) is 1. The molecule has 0 rings (SSSR count). The Balaban J connectivity index is 3.81. The molecule has 2 nitrogen and oxygen atoms in total. The van der Waals surface area contributed by atoms with E-state index >= 15 is 0 Å². The third-order valence-corrected chi connectivity index (χ3v) is 3.33. The summed E-state index contributed by atoms with van der Waals surface area (Å²) in [4.78, 5) is 0. The minimum atomic E-state index is -4.06. The molecule has 128 valence electrons. The number of ether oxygens (including phenoxy) is 1. The third kappa shape index (κ3) is 10.9. The molecule has 0 heterocycles. The van der Waals surface area contributed by atoms with Gasteiger partial charge in [-0.05, 0) is 13.0 Å². The van der Waals surface area contributed by atoms with Crippen LogP contribution >= 0.6 is 0 Å². The Morgan fingerprint density at radius 2 is 1.62 bits per heavy atom. The highest BCUT2D eigenvalue weighted by molar-refractivity contribution is 4.70. The lowest BCUT2D eigenvalue weighted by molar-refractivity contribution is -0.167. The predicted molar refractivity (Wildman–Crippen MR) is 77.2 cm³/mol. The molecular formula is C15H29F4NO. The van der Waals surface area contributed by atoms with E-state index in [1.807, 2.05) is 6.92 Å². The summed E-state index contributed by atoms with van der Waals surface area (Å²) in [5.41, 5.74) is 0. The summed E-state index contributed by atoms with van der Waals surface area (Å²) in [7, 11) is 0. The van der Waals surface area contributed by atoms with Crippen LogP contribution in [0.25, 0.3) is 0 Å². The van der Waals surface area contributed by atoms with Crippen molar-refractivity contribution < 1.29 is 22.3 Å². The average Bonchev–Trinajstić information content (AvgIpc) is 2.42. The first-order valence-corrected chi connectivity index (χ1v) is 7.91. The lowest BCUT2D eigenvalue weighted by atomic mass is 10.1. The van der Waals surface area contributed by atoms with Gasteiger partial charge < -0.3 is 10.1 Å². The normalized spacial score (nSPS) is 13.9. The standard InChI is InChI=1S/C15H29F4NO/c1-3-5-6-7-8-9-10-13(20-4-2)11-21-12-15(18,19)14(16)17/h13-14,20H,3-12H2,1-2H3. The summed E-state index contributed by atoms with van der Waals surface area (Å²) >= 11 is 0. The fourth-order valence-electron chi connectivity index (χ4n) is 2.10. The topological polar surface area (TPSA) is 21.3 Å². The van der Waals surface area contributed by atoms with Gasteiger partial charge in [0.15, 0.2) is 0 Å². The quantitative estimate of drug-likeness (QED) is 0.373. The molecule has 0 aromatic carbocycles. The highest BCUT2D eigenvalue weighted by Gasteiger charge is 2.41. The molecule has 1 N–H and O–H groups in total. The van der Waals surface area contributed by atoms with Crippen LogP contribution in [0.2, 0.25) is 0 Å². The highest BCUT2D eigenvalue weighted by atomic mass is 19.3. The van der Waals surface area contributed by atoms with Gasteiger partial charge in [-0.2, -0.15) is 8.78 Å². The van der Waals surface area contributed by atoms with Crippen molar-refractivity contribution in [2.75, 3.05) is 19.8 Å². The number of halogens is 4. The fraction of sp³-hybridized carbons (Fsp3) is 1.00. The molecule has 0 bridgehead atoms. The maximum absolute atomic E-state index is 12.7. The van der Waals surface area contributed by atoms with Crippen molar-refractivity contribution in [3.63, 3.8) is 0 Å². The molecule has 0 saturated heterocycles. The van der Waals surface area contributed by atoms with Crippen molar-refractivity contribution >= 4 is 0 Å². The Hall–Kier alpha value is -0.360. The number of alkyl halides is 4. The molecule has 0 fully saturated rings. The number of rotatable bonds is 14. The van der Waals surface area contributed by atoms with Crippen molar-refractivity contribution in [2.45, 2.75) is 77.2 Å². The molecular weight excluding hydrogens is 286 g/mol. The summed E-state index contributed by atoms with van der Waals surface area (Å²) in [5, 5.41) is 3.14. The van der Waals surface area contributed by atoms with E-state index in [0.29, 0.717) is 6.54 Å². The molecule has 0 spiro atoms. The first kappa shape index (κ1) is 20.6. The van der Waals surface area contributed by atoms with Gasteiger partial charge in [0.05, 0.1) is 6.61 Å². The lowest BCUT2D eigenvalue weighted by Crippen LogP contribution is -2.37. The van der Waals surface area contributed by atoms with Gasteiger partial charge in [0, 0.05) is 6.04 Å². The van der Waals surface area contributed by atoms with Crippen LogP contribution < -0.4 is 5.32 Å². The molecule has 0 radical (unpaired) electrons. The van der Waals surface area contributed by atoms with Crippen LogP contribution in [0, 0.1) is 0 Å². The van der Waals surface area contributed by atoms with Crippen LogP contribution in [0.5, 0.6) is 0 Å². The SMILES string of the molecule is CCCCCCCCC(COCC(F)(F)C(F)F)NCC. The molecule has 1 unspecified atom stereocenters. The molecule has 0 aromatic heterocycles. The number of hydrogen-bond acceptors (Lipinski definition) is 2. The van der Waals surface area contributed by atoms with Gasteiger partial charge >= 0.3 is 12.3 Å². The molecule has 21 heavy (non-hydrogen) atoms. The van der Waals surface area contributed by atoms with Crippen molar-refractivity contribution in [1.29, 1.82) is 0 Å². The first-order chi connectivity index (χ1) is 9.94. The predicted octanol–water partition coefficient (Wildman–Crippen LogP) is 4.63. The minimum Gasteiger partial charge on any atom is -0.373 e. The fourth-order valence-corrected chi connectivity index (χ4v) is 2.10. The van der Waals surface area contributed by atoms with Gasteiger partial charge in [-0.3, -0.25) is 0 Å². The second kappa shape index (κ2) is 12.2. The zero-order valence-electron chi connectivity index (χ0n) is 13.1. The lowest BCUT2D eigenvalue weighted by Gasteiger charge is -2.20. The van der Waals surface area contributed by atoms with E-state index in [1.165, 1.54) is 25.7 Å². The number of hydrogen-bond donors (Lipinski definition) is 1. The third-order valence-electron chi connectivity index (χ3n) is 3.33. The van der Waals surface area contributed by atoms with Crippen LogP contribution in [-0.4, -0.2) is 38.1 Å². The van der Waals surface area contributed by atoms with E-state index in [0.717, 1.165) is 19.3 Å². The summed E-state index contributed by atoms with van der Waals surface area (Å²) < 4.78 is 54.2. The van der Waals surface area contributed by atoms with Gasteiger partial charge in [0.1, 0.15) is 6.61 Å². The van der Waals surface area contributed by atoms with Crippen molar-refractivity contribution in [3.8, 4) is 0 Å². The average molecular weight is 315 g/mol. The van der Waals surface area contributed by atoms with E-state index in [1.54, 1.807) is 0 Å². The maximum Gasteiger partial charge on any atom is 0.330 e. The van der Waals surface area contributed by atoms with Crippen molar-refractivity contribution in [2.24, 2.45) is 0 Å². The summed E-state index contributed by atoms with van der Waals surface area (Å²) in [6.07, 6.45) is 4.09. The summed E-state index contributed by atoms with van der Waals surface area (Å²) in [6, 6.07) is -0.0466. The molecule has 6 heteroatoms. The maximum atomic E-state index is 12.7. The highest BCUT2D eigenvalue weighted by Crippen LogP contribution is 2.23. The second-order valence-corrected chi connectivity index (χ2v) is 5.39. The molecule has 0 amide bonds. The van der Waals surface area contributed by atoms with Gasteiger partial charge in [-0.25, -0.2) is 8.78 Å². The Bertz CT molecular complexity index is 240. The van der Waals surface area contributed by atoms with Gasteiger partial charge in [-0.1, -0.05) is 52.4 Å². The van der Waals surface area contributed by atoms with Crippen molar-refractivity contribution in [3.05, 3.63) is 0 Å². The van der Waals surface area contributed by atoms with E-state index in [4.69, 9.17) is 4.74 Å². The van der Waals surface area contributed by atoms with Crippen LogP contribution in [0.4, 0.5) is 17.6 Å². The molecule has 0 aliphatic heterocycles. The van der Waals surface area contributed by atoms with Crippen LogP contribution in [-0.2, 0) is 4.74 Å². The summed E-state index contributed by atoms with van der Waals surface area (Å²) in [6.45, 7) is 3.61. The largest absolute Gasteiger partial charge is 0.373 e. The van der Waals surface area contributed by atoms with Gasteiger partial charge in [0.2, 0.25) is 0 Å². The van der Waals surface area contributed by atoms with Crippen LogP contribution in [0.1, 0.15) is 58.8 Å². The number of nitrogens with one attached hydrogen (secondary N) is 1. The first-order valence-electron chi connectivity index (χ1n) is 7.91. The van der Waals surface area contributed by atoms with E-state index in [2.05, 4.69) is 12.2 Å². The monoisotopic (exact) mass is 315 g/mol. The van der Waals surface area contributed by atoms with E-state index in [9.17, 15) is 17.6 Å². The zero-order chi connectivity index (χ0) is 16.1. The molecule has 1 atom stereocenters. The Kier molecular flexibility index (Phi) is 12.0. The van der Waals surface area contributed by atoms with Crippen LogP contribution in [0.15, 0.2) is 0 Å². The molecule has 0 aliphatic rings. The second-order valence-electron chi connectivity index (χ2n) is 5.39. The van der Waals surface area contributed by atoms with E-state index < -0.39 is 19.0 Å². The van der Waals surface area contributed by atoms with Crippen LogP contribution in [0.3, 0.4) is 0 Å². The van der Waals surface area contributed by atoms with Crippen molar-refractivity contribution in [1.82, 2.24) is 5.32 Å². The Morgan fingerprint density at radius 3 is 2.19 bits per heavy atom. The van der Waals surface area contributed by atoms with Gasteiger partial charge in [0.25, 0.3) is 0 Å². The minimum absolute atomic E-state index is 0.0466. The number of unbranched alkanes of at least 4 members (excludes halogenated alkanes) is 5. The molecule has 0 aromatic rings. The Labute approximate surface area is 125 Å². The molecule has 0 saturated carbocycles. The van der Waals surface area contributed by atoms with E-state index in [-0.39, 0.29) is 12.6 Å².